The molecule has 2 rings (SSSR count). The van der Waals surface area contributed by atoms with Gasteiger partial charge >= 0.3 is 0 Å². The Morgan fingerprint density at radius 2 is 1.86 bits per heavy atom. The van der Waals surface area contributed by atoms with Gasteiger partial charge in [-0.05, 0) is 18.6 Å². The van der Waals surface area contributed by atoms with Crippen LogP contribution in [0.3, 0.4) is 0 Å². The maximum Gasteiger partial charge on any atom is 0.131 e. The minimum absolute atomic E-state index is 0.361. The SMILES string of the molecule is Cc1cnc2cnc(C(C)C)nc2c1. The van der Waals surface area contributed by atoms with Crippen LogP contribution in [0.4, 0.5) is 0 Å². The highest BCUT2D eigenvalue weighted by atomic mass is 14.9. The summed E-state index contributed by atoms with van der Waals surface area (Å²) in [5.41, 5.74) is 2.93. The molecule has 2 aromatic rings. The Bertz CT molecular complexity index is 463. The first kappa shape index (κ1) is 9.06. The monoisotopic (exact) mass is 187 g/mol. The molecule has 0 fully saturated rings. The molecule has 72 valence electrons. The summed E-state index contributed by atoms with van der Waals surface area (Å²) in [7, 11) is 0. The molecule has 0 aliphatic heterocycles. The van der Waals surface area contributed by atoms with Crippen LogP contribution in [0.2, 0.25) is 0 Å². The molecule has 3 heteroatoms. The molecule has 0 atom stereocenters. The van der Waals surface area contributed by atoms with Gasteiger partial charge in [0.2, 0.25) is 0 Å². The van der Waals surface area contributed by atoms with Gasteiger partial charge in [-0.15, -0.1) is 0 Å². The van der Waals surface area contributed by atoms with E-state index in [1.54, 1.807) is 6.20 Å². The van der Waals surface area contributed by atoms with Crippen LogP contribution in [0, 0.1) is 6.92 Å². The van der Waals surface area contributed by atoms with E-state index in [0.717, 1.165) is 22.4 Å². The molecule has 0 unspecified atom stereocenters. The second kappa shape index (κ2) is 3.33. The smallest absolute Gasteiger partial charge is 0.131 e. The Labute approximate surface area is 83.2 Å². The van der Waals surface area contributed by atoms with Gasteiger partial charge in [0.05, 0.1) is 11.7 Å². The van der Waals surface area contributed by atoms with Crippen LogP contribution < -0.4 is 0 Å². The zero-order valence-electron chi connectivity index (χ0n) is 8.65. The van der Waals surface area contributed by atoms with E-state index in [1.807, 2.05) is 19.2 Å². The first-order valence-corrected chi connectivity index (χ1v) is 4.76. The number of rotatable bonds is 1. The fraction of sp³-hybridized carbons (Fsp3) is 0.364. The molecule has 0 aliphatic rings. The Balaban J connectivity index is 2.63. The van der Waals surface area contributed by atoms with Gasteiger partial charge in [0.1, 0.15) is 11.3 Å². The number of fused-ring (bicyclic) bond motifs is 1. The number of hydrogen-bond acceptors (Lipinski definition) is 3. The fourth-order valence-corrected chi connectivity index (χ4v) is 1.31. The van der Waals surface area contributed by atoms with E-state index >= 15 is 0 Å². The topological polar surface area (TPSA) is 38.7 Å². The van der Waals surface area contributed by atoms with Crippen molar-refractivity contribution in [2.45, 2.75) is 26.7 Å². The summed E-state index contributed by atoms with van der Waals surface area (Å²) in [5.74, 6) is 1.24. The average Bonchev–Trinajstić information content (AvgIpc) is 2.16. The second-order valence-corrected chi connectivity index (χ2v) is 3.80. The van der Waals surface area contributed by atoms with Crippen LogP contribution in [0.5, 0.6) is 0 Å². The average molecular weight is 187 g/mol. The molecule has 3 nitrogen and oxygen atoms in total. The van der Waals surface area contributed by atoms with E-state index in [2.05, 4.69) is 28.8 Å². The molecule has 0 bridgehead atoms. The van der Waals surface area contributed by atoms with Crippen LogP contribution in [-0.2, 0) is 0 Å². The van der Waals surface area contributed by atoms with E-state index in [-0.39, 0.29) is 0 Å². The predicted octanol–water partition coefficient (Wildman–Crippen LogP) is 2.46. The highest BCUT2D eigenvalue weighted by molar-refractivity contribution is 5.73. The number of hydrogen-bond donors (Lipinski definition) is 0. The quantitative estimate of drug-likeness (QED) is 0.688. The van der Waals surface area contributed by atoms with Crippen molar-refractivity contribution < 1.29 is 0 Å². The van der Waals surface area contributed by atoms with Crippen LogP contribution in [0.1, 0.15) is 31.2 Å². The molecule has 0 aliphatic carbocycles. The predicted molar refractivity (Wildman–Crippen MR) is 56.2 cm³/mol. The highest BCUT2D eigenvalue weighted by Gasteiger charge is 2.04. The van der Waals surface area contributed by atoms with Crippen molar-refractivity contribution in [1.29, 1.82) is 0 Å². The van der Waals surface area contributed by atoms with E-state index in [4.69, 9.17) is 0 Å². The van der Waals surface area contributed by atoms with Crippen LogP contribution >= 0.6 is 0 Å². The van der Waals surface area contributed by atoms with Gasteiger partial charge in [-0.3, -0.25) is 4.98 Å². The van der Waals surface area contributed by atoms with Crippen molar-refractivity contribution >= 4 is 11.0 Å². The molecule has 0 radical (unpaired) electrons. The van der Waals surface area contributed by atoms with Crippen molar-refractivity contribution in [3.8, 4) is 0 Å². The number of nitrogens with zero attached hydrogens (tertiary/aromatic N) is 3. The molecule has 0 spiro atoms. The van der Waals surface area contributed by atoms with Gasteiger partial charge in [0.25, 0.3) is 0 Å². The molecule has 2 aromatic heterocycles. The molecular weight excluding hydrogens is 174 g/mol. The van der Waals surface area contributed by atoms with Crippen molar-refractivity contribution in [3.05, 3.63) is 29.8 Å². The lowest BCUT2D eigenvalue weighted by atomic mass is 10.2. The van der Waals surface area contributed by atoms with Gasteiger partial charge in [0.15, 0.2) is 0 Å². The summed E-state index contributed by atoms with van der Waals surface area (Å²) in [4.78, 5) is 13.0. The van der Waals surface area contributed by atoms with Crippen LogP contribution in [0.15, 0.2) is 18.5 Å². The molecule has 14 heavy (non-hydrogen) atoms. The number of aryl methyl sites for hydroxylation is 1. The summed E-state index contributed by atoms with van der Waals surface area (Å²) in [6.45, 7) is 6.19. The third kappa shape index (κ3) is 1.58. The van der Waals surface area contributed by atoms with Crippen molar-refractivity contribution in [2.24, 2.45) is 0 Å². The lowest BCUT2D eigenvalue weighted by Crippen LogP contribution is -1.98. The van der Waals surface area contributed by atoms with Gasteiger partial charge in [-0.2, -0.15) is 0 Å². The van der Waals surface area contributed by atoms with E-state index in [1.165, 1.54) is 0 Å². The maximum absolute atomic E-state index is 4.46. The van der Waals surface area contributed by atoms with Gasteiger partial charge in [-0.1, -0.05) is 13.8 Å². The first-order chi connectivity index (χ1) is 6.66. The fourth-order valence-electron chi connectivity index (χ4n) is 1.31. The molecule has 0 N–H and O–H groups in total. The zero-order chi connectivity index (χ0) is 10.1. The first-order valence-electron chi connectivity index (χ1n) is 4.76. The number of aromatic nitrogens is 3. The minimum Gasteiger partial charge on any atom is -0.253 e. The molecule has 0 aromatic carbocycles. The van der Waals surface area contributed by atoms with Gasteiger partial charge in [0, 0.05) is 12.1 Å². The molecule has 0 saturated heterocycles. The largest absolute Gasteiger partial charge is 0.253 e. The molecular formula is C11H13N3. The Morgan fingerprint density at radius 3 is 2.57 bits per heavy atom. The summed E-state index contributed by atoms with van der Waals surface area (Å²) in [5, 5.41) is 0. The Hall–Kier alpha value is -1.51. The maximum atomic E-state index is 4.46. The summed E-state index contributed by atoms with van der Waals surface area (Å²) in [6.07, 6.45) is 3.62. The van der Waals surface area contributed by atoms with Crippen LogP contribution in [-0.4, -0.2) is 15.0 Å². The lowest BCUT2D eigenvalue weighted by Gasteiger charge is -2.04. The summed E-state index contributed by atoms with van der Waals surface area (Å²) in [6, 6.07) is 2.04. The molecule has 2 heterocycles. The van der Waals surface area contributed by atoms with E-state index in [0.29, 0.717) is 5.92 Å². The Kier molecular flexibility index (Phi) is 2.15. The highest BCUT2D eigenvalue weighted by Crippen LogP contribution is 2.13. The van der Waals surface area contributed by atoms with E-state index in [9.17, 15) is 0 Å². The molecule has 0 amide bonds. The van der Waals surface area contributed by atoms with Crippen LogP contribution in [0.25, 0.3) is 11.0 Å². The zero-order valence-corrected chi connectivity index (χ0v) is 8.65. The van der Waals surface area contributed by atoms with Crippen molar-refractivity contribution in [2.75, 3.05) is 0 Å². The van der Waals surface area contributed by atoms with Crippen molar-refractivity contribution in [3.63, 3.8) is 0 Å². The van der Waals surface area contributed by atoms with Gasteiger partial charge in [-0.25, -0.2) is 9.97 Å². The lowest BCUT2D eigenvalue weighted by molar-refractivity contribution is 0.782. The third-order valence-electron chi connectivity index (χ3n) is 2.10. The summed E-state index contributed by atoms with van der Waals surface area (Å²) < 4.78 is 0. The normalized spacial score (nSPS) is 11.1. The standard InChI is InChI=1S/C11H13N3/c1-7(2)11-13-6-10-9(14-11)4-8(3)5-12-10/h4-7H,1-3H3. The number of pyridine rings is 1. The van der Waals surface area contributed by atoms with Crippen molar-refractivity contribution in [1.82, 2.24) is 15.0 Å². The van der Waals surface area contributed by atoms with E-state index < -0.39 is 0 Å². The third-order valence-corrected chi connectivity index (χ3v) is 2.10. The summed E-state index contributed by atoms with van der Waals surface area (Å²) >= 11 is 0. The van der Waals surface area contributed by atoms with Gasteiger partial charge < -0.3 is 0 Å². The second-order valence-electron chi connectivity index (χ2n) is 3.80. The molecule has 0 saturated carbocycles. The Morgan fingerprint density at radius 1 is 1.07 bits per heavy atom. The minimum atomic E-state index is 0.361.